The fourth-order valence-corrected chi connectivity index (χ4v) is 6.34. The van der Waals surface area contributed by atoms with Crippen LogP contribution in [0.15, 0.2) is 24.3 Å². The molecule has 1 aliphatic carbocycles. The maximum absolute atomic E-state index is 13.3. The zero-order valence-electron chi connectivity index (χ0n) is 23.6. The van der Waals surface area contributed by atoms with Gasteiger partial charge in [-0.25, -0.2) is 4.98 Å². The molecule has 2 aliphatic rings. The van der Waals surface area contributed by atoms with Crippen molar-refractivity contribution in [2.75, 3.05) is 27.3 Å². The lowest BCUT2D eigenvalue weighted by Gasteiger charge is -2.34. The van der Waals surface area contributed by atoms with Crippen LogP contribution in [0.2, 0.25) is 0 Å². The molecule has 8 heteroatoms. The summed E-state index contributed by atoms with van der Waals surface area (Å²) in [5.41, 5.74) is 6.11. The molecular weight excluding hydrogens is 492 g/mol. The highest BCUT2D eigenvalue weighted by atomic mass is 16.5. The van der Waals surface area contributed by atoms with E-state index >= 15 is 0 Å². The average molecular weight is 529 g/mol. The first-order chi connectivity index (χ1) is 18.8. The Morgan fingerprint density at radius 3 is 2.59 bits per heavy atom. The highest BCUT2D eigenvalue weighted by molar-refractivity contribution is 5.96. The standard InChI is InChI=1S/C31H36N4O4/c1-18-14-19(2)33-31-29(18)24(15-32)26(11-13-28(36)34-16-20(3)39-21(4)17-34)35(31)25-9-7-8-23-22(25)10-12-27(37-5)30(23)38-6/h10-14,20-21,25H,7-9,16-17H2,1-6H3. The van der Waals surface area contributed by atoms with Crippen molar-refractivity contribution < 1.29 is 19.0 Å². The number of pyridine rings is 1. The molecule has 8 nitrogen and oxygen atoms in total. The molecule has 3 heterocycles. The summed E-state index contributed by atoms with van der Waals surface area (Å²) < 4.78 is 19.3. The SMILES string of the molecule is COc1ccc2c(c1OC)CCCC2n1c(C=CC(=O)N2CC(C)OC(C)C2)c(C#N)c2c(C)cc(C)nc21. The Kier molecular flexibility index (Phi) is 7.37. The van der Waals surface area contributed by atoms with Gasteiger partial charge in [0.25, 0.3) is 0 Å². The number of methoxy groups -OCH3 is 2. The minimum absolute atomic E-state index is 0.0206. The van der Waals surface area contributed by atoms with Crippen LogP contribution in [0.25, 0.3) is 17.1 Å². The van der Waals surface area contributed by atoms with Crippen LogP contribution in [0.4, 0.5) is 0 Å². The van der Waals surface area contributed by atoms with Gasteiger partial charge < -0.3 is 23.7 Å². The molecule has 1 amide bonds. The predicted octanol–water partition coefficient (Wildman–Crippen LogP) is 5.12. The van der Waals surface area contributed by atoms with E-state index in [1.807, 2.05) is 44.7 Å². The van der Waals surface area contributed by atoms with E-state index < -0.39 is 0 Å². The zero-order chi connectivity index (χ0) is 27.8. The molecule has 1 aromatic carbocycles. The van der Waals surface area contributed by atoms with E-state index in [0.29, 0.717) is 30.1 Å². The van der Waals surface area contributed by atoms with Crippen molar-refractivity contribution in [3.8, 4) is 17.6 Å². The van der Waals surface area contributed by atoms with Crippen molar-refractivity contribution >= 4 is 23.0 Å². The van der Waals surface area contributed by atoms with Crippen molar-refractivity contribution in [3.63, 3.8) is 0 Å². The molecule has 204 valence electrons. The number of morpholine rings is 1. The third kappa shape index (κ3) is 4.76. The lowest BCUT2D eigenvalue weighted by molar-refractivity contribution is -0.137. The third-order valence-corrected chi connectivity index (χ3v) is 7.81. The molecule has 0 saturated carbocycles. The molecule has 5 rings (SSSR count). The van der Waals surface area contributed by atoms with Crippen LogP contribution >= 0.6 is 0 Å². The first kappa shape index (κ1) is 26.8. The number of carbonyl (C=O) groups is 1. The number of carbonyl (C=O) groups excluding carboxylic acids is 1. The fourth-order valence-electron chi connectivity index (χ4n) is 6.34. The molecule has 0 bridgehead atoms. The molecule has 1 fully saturated rings. The highest BCUT2D eigenvalue weighted by Gasteiger charge is 2.31. The molecule has 39 heavy (non-hydrogen) atoms. The molecule has 2 aromatic heterocycles. The van der Waals surface area contributed by atoms with Crippen LogP contribution in [-0.4, -0.2) is 59.9 Å². The molecule has 0 spiro atoms. The minimum Gasteiger partial charge on any atom is -0.493 e. The maximum Gasteiger partial charge on any atom is 0.246 e. The van der Waals surface area contributed by atoms with E-state index in [4.69, 9.17) is 19.2 Å². The van der Waals surface area contributed by atoms with Crippen molar-refractivity contribution in [1.29, 1.82) is 5.26 Å². The number of aromatic nitrogens is 2. The van der Waals surface area contributed by atoms with Crippen LogP contribution in [0, 0.1) is 25.2 Å². The Bertz CT molecular complexity index is 1490. The summed E-state index contributed by atoms with van der Waals surface area (Å²) in [6.45, 7) is 9.02. The van der Waals surface area contributed by atoms with E-state index in [0.717, 1.165) is 58.4 Å². The number of fused-ring (bicyclic) bond motifs is 2. The predicted molar refractivity (Wildman–Crippen MR) is 150 cm³/mol. The normalized spacial score (nSPS) is 21.2. The van der Waals surface area contributed by atoms with Gasteiger partial charge in [-0.15, -0.1) is 0 Å². The Balaban J connectivity index is 1.69. The van der Waals surface area contributed by atoms with Gasteiger partial charge in [-0.05, 0) is 76.3 Å². The Morgan fingerprint density at radius 2 is 1.92 bits per heavy atom. The first-order valence-electron chi connectivity index (χ1n) is 13.6. The lowest BCUT2D eigenvalue weighted by atomic mass is 9.86. The average Bonchev–Trinajstić information content (AvgIpc) is 3.22. The van der Waals surface area contributed by atoms with Crippen LogP contribution < -0.4 is 9.47 Å². The quantitative estimate of drug-likeness (QED) is 0.427. The third-order valence-electron chi connectivity index (χ3n) is 7.81. The van der Waals surface area contributed by atoms with Crippen molar-refractivity contribution in [3.05, 3.63) is 57.9 Å². The van der Waals surface area contributed by atoms with Crippen LogP contribution in [0.5, 0.6) is 11.5 Å². The van der Waals surface area contributed by atoms with E-state index in [-0.39, 0.29) is 24.2 Å². The van der Waals surface area contributed by atoms with Crippen molar-refractivity contribution in [2.24, 2.45) is 0 Å². The van der Waals surface area contributed by atoms with Gasteiger partial charge in [0.1, 0.15) is 11.7 Å². The van der Waals surface area contributed by atoms with E-state index in [9.17, 15) is 10.1 Å². The number of rotatable bonds is 5. The number of amides is 1. The summed E-state index contributed by atoms with van der Waals surface area (Å²) in [6, 6.07) is 8.40. The number of hydrogen-bond donors (Lipinski definition) is 0. The summed E-state index contributed by atoms with van der Waals surface area (Å²) in [6.07, 6.45) is 6.05. The summed E-state index contributed by atoms with van der Waals surface area (Å²) >= 11 is 0. The van der Waals surface area contributed by atoms with Gasteiger partial charge in [-0.2, -0.15) is 5.26 Å². The summed E-state index contributed by atoms with van der Waals surface area (Å²) in [7, 11) is 3.32. The molecule has 1 aliphatic heterocycles. The van der Waals surface area contributed by atoms with Gasteiger partial charge in [0.05, 0.1) is 43.7 Å². The minimum atomic E-state index is -0.0889. The van der Waals surface area contributed by atoms with E-state index in [1.165, 1.54) is 0 Å². The van der Waals surface area contributed by atoms with Crippen molar-refractivity contribution in [2.45, 2.75) is 65.2 Å². The number of nitrogens with zero attached hydrogens (tertiary/aromatic N) is 4. The molecule has 0 N–H and O–H groups in total. The zero-order valence-corrected chi connectivity index (χ0v) is 23.6. The first-order valence-corrected chi connectivity index (χ1v) is 13.6. The smallest absolute Gasteiger partial charge is 0.246 e. The molecule has 1 saturated heterocycles. The Morgan fingerprint density at radius 1 is 1.18 bits per heavy atom. The topological polar surface area (TPSA) is 89.6 Å². The van der Waals surface area contributed by atoms with Gasteiger partial charge in [0, 0.05) is 35.8 Å². The van der Waals surface area contributed by atoms with Crippen LogP contribution in [0.3, 0.4) is 0 Å². The maximum atomic E-state index is 13.3. The summed E-state index contributed by atoms with van der Waals surface area (Å²) in [5.74, 6) is 1.37. The second-order valence-corrected chi connectivity index (χ2v) is 10.6. The van der Waals surface area contributed by atoms with Crippen LogP contribution in [-0.2, 0) is 16.0 Å². The number of hydrogen-bond acceptors (Lipinski definition) is 6. The number of nitriles is 1. The molecular formula is C31H36N4O4. The van der Waals surface area contributed by atoms with Gasteiger partial charge >= 0.3 is 0 Å². The van der Waals surface area contributed by atoms with Gasteiger partial charge in [0.15, 0.2) is 11.5 Å². The molecule has 3 atom stereocenters. The largest absolute Gasteiger partial charge is 0.493 e. The van der Waals surface area contributed by atoms with Crippen molar-refractivity contribution in [1.82, 2.24) is 14.5 Å². The van der Waals surface area contributed by atoms with Gasteiger partial charge in [-0.3, -0.25) is 4.79 Å². The Hall–Kier alpha value is -3.83. The Labute approximate surface area is 229 Å². The van der Waals surface area contributed by atoms with Crippen LogP contribution in [0.1, 0.15) is 66.4 Å². The molecule has 3 unspecified atom stereocenters. The molecule has 0 radical (unpaired) electrons. The second kappa shape index (κ2) is 10.7. The molecule has 3 aromatic rings. The van der Waals surface area contributed by atoms with Gasteiger partial charge in [0.2, 0.25) is 5.91 Å². The fraction of sp³-hybridized carbons (Fsp3) is 0.452. The monoisotopic (exact) mass is 528 g/mol. The number of ether oxygens (including phenoxy) is 3. The highest BCUT2D eigenvalue weighted by Crippen LogP contribution is 2.45. The summed E-state index contributed by atoms with van der Waals surface area (Å²) in [4.78, 5) is 20.0. The van der Waals surface area contributed by atoms with E-state index in [1.54, 1.807) is 26.4 Å². The summed E-state index contributed by atoms with van der Waals surface area (Å²) in [5, 5.41) is 11.2. The van der Waals surface area contributed by atoms with E-state index in [2.05, 4.69) is 16.7 Å². The number of aryl methyl sites for hydroxylation is 2. The number of benzene rings is 1. The van der Waals surface area contributed by atoms with Gasteiger partial charge in [-0.1, -0.05) is 6.07 Å². The lowest BCUT2D eigenvalue weighted by Crippen LogP contribution is -2.47. The second-order valence-electron chi connectivity index (χ2n) is 10.6.